The summed E-state index contributed by atoms with van der Waals surface area (Å²) in [5, 5.41) is 12.8. The molecule has 0 aliphatic carbocycles. The number of amidine groups is 1. The van der Waals surface area contributed by atoms with E-state index in [-0.39, 0.29) is 42.9 Å². The van der Waals surface area contributed by atoms with Crippen LogP contribution in [0.5, 0.6) is 0 Å². The number of rotatable bonds is 41. The first-order valence-electron chi connectivity index (χ1n) is 24.9. The molecule has 0 radical (unpaired) electrons. The molecule has 1 atom stereocenters. The van der Waals surface area contributed by atoms with Crippen molar-refractivity contribution in [3.8, 4) is 11.1 Å². The summed E-state index contributed by atoms with van der Waals surface area (Å²) in [5.41, 5.74) is 9.95. The van der Waals surface area contributed by atoms with E-state index in [1.807, 2.05) is 38.1 Å². The molecule has 0 spiro atoms. The third-order valence-electron chi connectivity index (χ3n) is 10.7. The van der Waals surface area contributed by atoms with E-state index >= 15 is 0 Å². The van der Waals surface area contributed by atoms with Crippen LogP contribution in [0.25, 0.3) is 17.2 Å². The number of hydroxylamine groups is 2. The van der Waals surface area contributed by atoms with Gasteiger partial charge in [0.15, 0.2) is 0 Å². The Morgan fingerprint density at radius 2 is 1.22 bits per heavy atom. The quantitative estimate of drug-likeness (QED) is 0.0639. The van der Waals surface area contributed by atoms with E-state index in [1.165, 1.54) is 5.06 Å². The van der Waals surface area contributed by atoms with Crippen LogP contribution in [-0.2, 0) is 66.6 Å². The molecule has 0 bridgehead atoms. The molecule has 0 saturated carbocycles. The number of nitrogens with two attached hydrogens (primary N) is 1. The number of aromatic nitrogens is 1. The lowest BCUT2D eigenvalue weighted by atomic mass is 10.0. The van der Waals surface area contributed by atoms with E-state index in [4.69, 9.17) is 63.0 Å². The zero-order valence-corrected chi connectivity index (χ0v) is 42.1. The van der Waals surface area contributed by atoms with Gasteiger partial charge >= 0.3 is 5.97 Å². The molecule has 22 heteroatoms. The fraction of sp³-hybridized carbons (Fsp3) is 0.640. The topological polar surface area (TPSA) is 260 Å². The second-order valence-electron chi connectivity index (χ2n) is 16.2. The number of likely N-dealkylation sites (tertiary alicyclic amines) is 1. The smallest absolute Gasteiger partial charge is 0.305 e. The normalized spacial score (nSPS) is 14.4. The van der Waals surface area contributed by atoms with Gasteiger partial charge in [0.05, 0.1) is 151 Å². The second-order valence-corrected chi connectivity index (χ2v) is 16.2. The van der Waals surface area contributed by atoms with Crippen molar-refractivity contribution in [2.45, 2.75) is 52.0 Å². The third kappa shape index (κ3) is 23.7. The number of aliphatic carboxylic acids is 1. The molecule has 1 aromatic carbocycles. The van der Waals surface area contributed by atoms with Crippen molar-refractivity contribution in [2.24, 2.45) is 10.7 Å². The van der Waals surface area contributed by atoms with Crippen molar-refractivity contribution in [1.29, 1.82) is 0 Å². The maximum absolute atomic E-state index is 13.5. The van der Waals surface area contributed by atoms with Crippen LogP contribution in [0.2, 0.25) is 0 Å². The van der Waals surface area contributed by atoms with Crippen LogP contribution in [0.15, 0.2) is 47.1 Å². The molecule has 1 saturated heterocycles. The predicted octanol–water partition coefficient (Wildman–Crippen LogP) is 3.08. The van der Waals surface area contributed by atoms with Gasteiger partial charge in [-0.05, 0) is 50.0 Å². The van der Waals surface area contributed by atoms with E-state index in [2.05, 4.69) is 15.3 Å². The molecule has 402 valence electrons. The number of aliphatic imine (C=N–C) groups is 1. The Bertz CT molecular complexity index is 1930. The van der Waals surface area contributed by atoms with Crippen LogP contribution in [-0.4, -0.2) is 214 Å². The number of hydrogen-bond donors (Lipinski definition) is 3. The number of ether oxygens (including phenoxy) is 10. The molecule has 1 aromatic heterocycles. The Hall–Kier alpha value is -4.98. The summed E-state index contributed by atoms with van der Waals surface area (Å²) in [6.07, 6.45) is 5.62. The Morgan fingerprint density at radius 3 is 1.71 bits per heavy atom. The molecule has 2 aromatic rings. The van der Waals surface area contributed by atoms with E-state index < -0.39 is 12.0 Å². The first kappa shape index (κ1) is 59.6. The number of nitrogens with one attached hydrogen (secondary N) is 1. The molecule has 2 aliphatic rings. The van der Waals surface area contributed by atoms with Gasteiger partial charge in [0.2, 0.25) is 5.91 Å². The van der Waals surface area contributed by atoms with Crippen LogP contribution in [0.3, 0.4) is 0 Å². The zero-order valence-electron chi connectivity index (χ0n) is 42.1. The van der Waals surface area contributed by atoms with E-state index in [0.717, 1.165) is 23.1 Å². The molecule has 1 unspecified atom stereocenters. The molecule has 3 heterocycles. The van der Waals surface area contributed by atoms with Crippen molar-refractivity contribution in [2.75, 3.05) is 158 Å². The van der Waals surface area contributed by atoms with Gasteiger partial charge in [-0.25, -0.2) is 10.1 Å². The number of hydrogen-bond acceptors (Lipinski definition) is 18. The maximum atomic E-state index is 13.5. The van der Waals surface area contributed by atoms with Gasteiger partial charge in [-0.2, -0.15) is 0 Å². The second kappa shape index (κ2) is 36.9. The van der Waals surface area contributed by atoms with Gasteiger partial charge in [0, 0.05) is 49.0 Å². The minimum Gasteiger partial charge on any atom is -0.481 e. The van der Waals surface area contributed by atoms with Crippen LogP contribution in [0, 0.1) is 0 Å². The zero-order chi connectivity index (χ0) is 51.4. The van der Waals surface area contributed by atoms with Crippen molar-refractivity contribution >= 4 is 41.3 Å². The van der Waals surface area contributed by atoms with E-state index in [1.54, 1.807) is 23.2 Å². The van der Waals surface area contributed by atoms with Gasteiger partial charge in [0.25, 0.3) is 11.8 Å². The van der Waals surface area contributed by atoms with Gasteiger partial charge in [-0.1, -0.05) is 25.1 Å². The molecule has 1 fully saturated rings. The maximum Gasteiger partial charge on any atom is 0.305 e. The van der Waals surface area contributed by atoms with Crippen molar-refractivity contribution in [3.63, 3.8) is 0 Å². The SMILES string of the molecule is CCCN(OCC)C(=O)C1=Cc2ccc(-c3ccc(C(=O)N4CCCC4C(=O)NCCOCCOCCOCCOCCOCCOCCOCCOCCOCCOCCC(=O)O)nc3)cc2N=C(N)C1. The number of carboxylic acid groups (broad SMARTS) is 1. The fourth-order valence-corrected chi connectivity index (χ4v) is 7.18. The Morgan fingerprint density at radius 1 is 0.708 bits per heavy atom. The summed E-state index contributed by atoms with van der Waals surface area (Å²) in [5.74, 6) is -1.35. The Labute approximate surface area is 422 Å². The Balaban J connectivity index is 0.950. The predicted molar refractivity (Wildman–Crippen MR) is 265 cm³/mol. The first-order chi connectivity index (χ1) is 35.2. The molecule has 2 aliphatic heterocycles. The Kier molecular flexibility index (Phi) is 30.5. The third-order valence-corrected chi connectivity index (χ3v) is 10.7. The van der Waals surface area contributed by atoms with Crippen molar-refractivity contribution < 1.29 is 76.5 Å². The summed E-state index contributed by atoms with van der Waals surface area (Å²) in [6, 6.07) is 8.55. The van der Waals surface area contributed by atoms with Gasteiger partial charge in [0.1, 0.15) is 17.6 Å². The van der Waals surface area contributed by atoms with Gasteiger partial charge in [-0.3, -0.25) is 29.0 Å². The van der Waals surface area contributed by atoms with E-state index in [0.29, 0.717) is 182 Å². The van der Waals surface area contributed by atoms with E-state index in [9.17, 15) is 19.2 Å². The molecule has 3 amide bonds. The average molecular weight is 1020 g/mol. The highest BCUT2D eigenvalue weighted by Gasteiger charge is 2.35. The largest absolute Gasteiger partial charge is 0.481 e. The monoisotopic (exact) mass is 1020 g/mol. The molecule has 4 rings (SSSR count). The van der Waals surface area contributed by atoms with Crippen LogP contribution in [0.1, 0.15) is 62.0 Å². The summed E-state index contributed by atoms with van der Waals surface area (Å²) in [4.78, 5) is 66.5. The fourth-order valence-electron chi connectivity index (χ4n) is 7.18. The first-order valence-corrected chi connectivity index (χ1v) is 24.9. The minimum atomic E-state index is -0.885. The van der Waals surface area contributed by atoms with Crippen molar-refractivity contribution in [3.05, 3.63) is 53.4 Å². The number of carbonyl (C=O) groups excluding carboxylic acids is 3. The lowest BCUT2D eigenvalue weighted by molar-refractivity contribution is -0.180. The highest BCUT2D eigenvalue weighted by molar-refractivity contribution is 6.05. The molecule has 22 nitrogen and oxygen atoms in total. The highest BCUT2D eigenvalue weighted by Crippen LogP contribution is 2.32. The number of carboxylic acids is 1. The van der Waals surface area contributed by atoms with Crippen molar-refractivity contribution in [1.82, 2.24) is 20.3 Å². The number of nitrogens with zero attached hydrogens (tertiary/aromatic N) is 4. The lowest BCUT2D eigenvalue weighted by Gasteiger charge is -2.23. The average Bonchev–Trinajstić information content (AvgIpc) is 3.81. The standard InChI is InChI=1S/C50H76N6O16/c1-3-13-56(72-4-2)49(60)42-35-40-8-7-39(36-44(40)54-46(51)37-42)41-9-10-43(53-38-41)50(61)55-14-5-6-45(55)48(59)52-12-16-63-18-20-65-22-24-67-26-28-69-30-32-71-34-33-70-31-29-68-27-25-66-23-21-64-19-17-62-15-11-47(57)58/h7-10,35-36,38,45H,3-6,11-34,37H2,1-2H3,(H2,51,54)(H,52,59)(H,57,58). The van der Waals surface area contributed by atoms with Crippen LogP contribution in [0.4, 0.5) is 5.69 Å². The lowest BCUT2D eigenvalue weighted by Crippen LogP contribution is -2.46. The molecule has 72 heavy (non-hydrogen) atoms. The summed E-state index contributed by atoms with van der Waals surface area (Å²) < 4.78 is 54.5. The van der Waals surface area contributed by atoms with Crippen LogP contribution < -0.4 is 11.1 Å². The molecular weight excluding hydrogens is 941 g/mol. The summed E-state index contributed by atoms with van der Waals surface area (Å²) >= 11 is 0. The number of amides is 3. The van der Waals surface area contributed by atoms with Gasteiger partial charge in [-0.15, -0.1) is 0 Å². The highest BCUT2D eigenvalue weighted by atomic mass is 16.7. The van der Waals surface area contributed by atoms with Gasteiger partial charge < -0.3 is 68.4 Å². The molecule has 4 N–H and O–H groups in total. The number of pyridine rings is 1. The summed E-state index contributed by atoms with van der Waals surface area (Å²) in [7, 11) is 0. The van der Waals surface area contributed by atoms with Crippen LogP contribution >= 0.6 is 0 Å². The minimum absolute atomic E-state index is 0.0161. The number of benzene rings is 1. The summed E-state index contributed by atoms with van der Waals surface area (Å²) in [6.45, 7) is 13.6. The number of fused-ring (bicyclic) bond motifs is 1. The number of carbonyl (C=O) groups is 4. The molecular formula is C50H76N6O16.